The van der Waals surface area contributed by atoms with Crippen molar-refractivity contribution in [2.45, 2.75) is 20.4 Å². The van der Waals surface area contributed by atoms with Crippen LogP contribution in [0.25, 0.3) is 11.0 Å². The van der Waals surface area contributed by atoms with Gasteiger partial charge in [-0.05, 0) is 25.1 Å². The highest BCUT2D eigenvalue weighted by Gasteiger charge is 2.11. The molecule has 0 unspecified atom stereocenters. The van der Waals surface area contributed by atoms with E-state index in [9.17, 15) is 4.39 Å². The summed E-state index contributed by atoms with van der Waals surface area (Å²) in [6, 6.07) is 3.22. The number of aryl methyl sites for hydroxylation is 1. The maximum absolute atomic E-state index is 13.4. The summed E-state index contributed by atoms with van der Waals surface area (Å²) in [5.41, 5.74) is 2.43. The van der Waals surface area contributed by atoms with Crippen molar-refractivity contribution in [2.75, 3.05) is 6.54 Å². The van der Waals surface area contributed by atoms with Crippen molar-refractivity contribution in [1.82, 2.24) is 5.32 Å². The van der Waals surface area contributed by atoms with Crippen LogP contribution < -0.4 is 5.32 Å². The summed E-state index contributed by atoms with van der Waals surface area (Å²) < 4.78 is 18.6. The molecule has 0 radical (unpaired) electrons. The fraction of sp³-hybridized carbons (Fsp3) is 0.333. The summed E-state index contributed by atoms with van der Waals surface area (Å²) in [5.74, 6) is -0.293. The summed E-state index contributed by atoms with van der Waals surface area (Å²) in [7, 11) is 0. The quantitative estimate of drug-likeness (QED) is 0.837. The molecule has 0 amide bonds. The molecule has 0 saturated heterocycles. The van der Waals surface area contributed by atoms with E-state index < -0.39 is 0 Å². The fourth-order valence-electron chi connectivity index (χ4n) is 1.75. The van der Waals surface area contributed by atoms with E-state index in [-0.39, 0.29) is 5.82 Å². The second kappa shape index (κ2) is 4.03. The first-order chi connectivity index (χ1) is 7.24. The Kier molecular flexibility index (Phi) is 2.73. The van der Waals surface area contributed by atoms with Crippen molar-refractivity contribution >= 4 is 11.0 Å². The molecule has 1 aromatic heterocycles. The van der Waals surface area contributed by atoms with Gasteiger partial charge in [0, 0.05) is 17.5 Å². The van der Waals surface area contributed by atoms with Crippen LogP contribution >= 0.6 is 0 Å². The van der Waals surface area contributed by atoms with Gasteiger partial charge in [-0.1, -0.05) is 13.0 Å². The van der Waals surface area contributed by atoms with Crippen LogP contribution in [0.4, 0.5) is 4.39 Å². The first-order valence-corrected chi connectivity index (χ1v) is 5.10. The summed E-state index contributed by atoms with van der Waals surface area (Å²) >= 11 is 0. The lowest BCUT2D eigenvalue weighted by atomic mass is 10.1. The van der Waals surface area contributed by atoms with Crippen LogP contribution in [0.1, 0.15) is 18.1 Å². The minimum absolute atomic E-state index is 0.293. The van der Waals surface area contributed by atoms with E-state index >= 15 is 0 Å². The molecule has 0 aliphatic rings. The Morgan fingerprint density at radius 1 is 1.40 bits per heavy atom. The lowest BCUT2D eigenvalue weighted by Gasteiger charge is -2.01. The summed E-state index contributed by atoms with van der Waals surface area (Å²) in [5, 5.41) is 4.11. The molecule has 3 heteroatoms. The molecule has 80 valence electrons. The van der Waals surface area contributed by atoms with E-state index in [1.165, 1.54) is 6.07 Å². The van der Waals surface area contributed by atoms with Crippen LogP contribution in [0.15, 0.2) is 22.8 Å². The second-order valence-electron chi connectivity index (χ2n) is 3.61. The topological polar surface area (TPSA) is 25.2 Å². The Labute approximate surface area is 88.1 Å². The van der Waals surface area contributed by atoms with Gasteiger partial charge in [-0.2, -0.15) is 0 Å². The molecule has 2 rings (SSSR count). The van der Waals surface area contributed by atoms with E-state index in [0.717, 1.165) is 23.1 Å². The predicted octanol–water partition coefficient (Wildman–Crippen LogP) is 2.99. The number of nitrogens with one attached hydrogen (secondary N) is 1. The predicted molar refractivity (Wildman–Crippen MR) is 58.3 cm³/mol. The first-order valence-electron chi connectivity index (χ1n) is 5.10. The Balaban J connectivity index is 2.53. The van der Waals surface area contributed by atoms with Gasteiger partial charge in [-0.25, -0.2) is 4.39 Å². The average Bonchev–Trinajstić information content (AvgIpc) is 2.65. The van der Waals surface area contributed by atoms with Gasteiger partial charge in [0.15, 0.2) is 11.4 Å². The van der Waals surface area contributed by atoms with Gasteiger partial charge in [0.05, 0.1) is 6.26 Å². The Hall–Kier alpha value is -1.35. The van der Waals surface area contributed by atoms with Crippen molar-refractivity contribution in [3.05, 3.63) is 35.3 Å². The van der Waals surface area contributed by atoms with Crippen molar-refractivity contribution in [3.63, 3.8) is 0 Å². The van der Waals surface area contributed by atoms with E-state index in [0.29, 0.717) is 12.1 Å². The average molecular weight is 207 g/mol. The molecule has 0 aliphatic carbocycles. The second-order valence-corrected chi connectivity index (χ2v) is 3.61. The van der Waals surface area contributed by atoms with E-state index in [1.807, 2.05) is 13.8 Å². The molecule has 15 heavy (non-hydrogen) atoms. The summed E-state index contributed by atoms with van der Waals surface area (Å²) in [4.78, 5) is 0. The molecule has 0 spiro atoms. The standard InChI is InChI=1S/C12H14FNO/c1-3-14-6-9-7-15-12-10(13)5-4-8(2)11(9)12/h4-5,7,14H,3,6H2,1-2H3. The number of furan rings is 1. The third kappa shape index (κ3) is 1.75. The number of hydrogen-bond acceptors (Lipinski definition) is 2. The molecule has 1 N–H and O–H groups in total. The van der Waals surface area contributed by atoms with Crippen molar-refractivity contribution < 1.29 is 8.81 Å². The number of rotatable bonds is 3. The van der Waals surface area contributed by atoms with Gasteiger partial charge in [0.2, 0.25) is 0 Å². The normalized spacial score (nSPS) is 11.1. The lowest BCUT2D eigenvalue weighted by molar-refractivity contribution is 0.556. The van der Waals surface area contributed by atoms with Crippen LogP contribution in [0.2, 0.25) is 0 Å². The van der Waals surface area contributed by atoms with Gasteiger partial charge in [0.25, 0.3) is 0 Å². The largest absolute Gasteiger partial charge is 0.461 e. The number of halogens is 1. The lowest BCUT2D eigenvalue weighted by Crippen LogP contribution is -2.11. The maximum atomic E-state index is 13.4. The molecule has 0 bridgehead atoms. The molecule has 2 nitrogen and oxygen atoms in total. The summed E-state index contributed by atoms with van der Waals surface area (Å²) in [6.07, 6.45) is 1.63. The minimum Gasteiger partial charge on any atom is -0.461 e. The molecule has 0 atom stereocenters. The first kappa shape index (κ1) is 10.2. The van der Waals surface area contributed by atoms with Gasteiger partial charge < -0.3 is 9.73 Å². The van der Waals surface area contributed by atoms with Gasteiger partial charge in [0.1, 0.15) is 0 Å². The molecular formula is C12H14FNO. The van der Waals surface area contributed by atoms with E-state index in [4.69, 9.17) is 4.42 Å². The minimum atomic E-state index is -0.293. The Morgan fingerprint density at radius 2 is 2.20 bits per heavy atom. The highest BCUT2D eigenvalue weighted by atomic mass is 19.1. The van der Waals surface area contributed by atoms with Gasteiger partial charge >= 0.3 is 0 Å². The number of benzene rings is 1. The van der Waals surface area contributed by atoms with Crippen LogP contribution in [0, 0.1) is 12.7 Å². The zero-order valence-electron chi connectivity index (χ0n) is 8.93. The van der Waals surface area contributed by atoms with E-state index in [1.54, 1.807) is 12.3 Å². The number of fused-ring (bicyclic) bond motifs is 1. The molecule has 0 aliphatic heterocycles. The highest BCUT2D eigenvalue weighted by Crippen LogP contribution is 2.26. The van der Waals surface area contributed by atoms with Crippen LogP contribution in [-0.4, -0.2) is 6.54 Å². The van der Waals surface area contributed by atoms with Crippen molar-refractivity contribution in [1.29, 1.82) is 0 Å². The highest BCUT2D eigenvalue weighted by molar-refractivity contribution is 5.84. The Morgan fingerprint density at radius 3 is 2.93 bits per heavy atom. The van der Waals surface area contributed by atoms with Crippen LogP contribution in [-0.2, 0) is 6.54 Å². The van der Waals surface area contributed by atoms with Gasteiger partial charge in [-0.15, -0.1) is 0 Å². The fourth-order valence-corrected chi connectivity index (χ4v) is 1.75. The SMILES string of the molecule is CCNCc1coc2c(F)ccc(C)c12. The van der Waals surface area contributed by atoms with Crippen molar-refractivity contribution in [3.8, 4) is 0 Å². The van der Waals surface area contributed by atoms with Gasteiger partial charge in [-0.3, -0.25) is 0 Å². The third-order valence-corrected chi connectivity index (χ3v) is 2.52. The molecule has 0 saturated carbocycles. The number of hydrogen-bond donors (Lipinski definition) is 1. The van der Waals surface area contributed by atoms with Crippen molar-refractivity contribution in [2.24, 2.45) is 0 Å². The molecule has 0 fully saturated rings. The molecule has 1 heterocycles. The maximum Gasteiger partial charge on any atom is 0.170 e. The molecular weight excluding hydrogens is 193 g/mol. The molecule has 1 aromatic carbocycles. The zero-order chi connectivity index (χ0) is 10.8. The van der Waals surface area contributed by atoms with E-state index in [2.05, 4.69) is 5.32 Å². The zero-order valence-corrected chi connectivity index (χ0v) is 8.93. The Bertz CT molecular complexity index is 476. The summed E-state index contributed by atoms with van der Waals surface area (Å²) in [6.45, 7) is 5.61. The van der Waals surface area contributed by atoms with Crippen LogP contribution in [0.3, 0.4) is 0 Å². The monoisotopic (exact) mass is 207 g/mol. The van der Waals surface area contributed by atoms with Crippen LogP contribution in [0.5, 0.6) is 0 Å². The third-order valence-electron chi connectivity index (χ3n) is 2.52. The molecule has 2 aromatic rings. The smallest absolute Gasteiger partial charge is 0.170 e.